The summed E-state index contributed by atoms with van der Waals surface area (Å²) in [5.41, 5.74) is 2.22. The van der Waals surface area contributed by atoms with Crippen LogP contribution in [0.2, 0.25) is 0 Å². The number of hydrogen-bond donors (Lipinski definition) is 2. The number of hydrogen-bond acceptors (Lipinski definition) is 4. The van der Waals surface area contributed by atoms with Crippen LogP contribution in [-0.2, 0) is 11.2 Å². The van der Waals surface area contributed by atoms with Crippen LogP contribution < -0.4 is 10.6 Å². The molecule has 5 rings (SSSR count). The van der Waals surface area contributed by atoms with Gasteiger partial charge in [-0.3, -0.25) is 9.59 Å². The summed E-state index contributed by atoms with van der Waals surface area (Å²) in [5, 5.41) is 6.52. The molecule has 0 spiro atoms. The second kappa shape index (κ2) is 5.38. The van der Waals surface area contributed by atoms with Gasteiger partial charge in [0.15, 0.2) is 5.76 Å². The lowest BCUT2D eigenvalue weighted by molar-refractivity contribution is -0.134. The van der Waals surface area contributed by atoms with E-state index >= 15 is 0 Å². The van der Waals surface area contributed by atoms with E-state index in [0.29, 0.717) is 31.2 Å². The molecule has 6 heteroatoms. The Labute approximate surface area is 157 Å². The number of furan rings is 1. The fourth-order valence-electron chi connectivity index (χ4n) is 4.67. The molecule has 3 heterocycles. The molecule has 3 atom stereocenters. The second-order valence-corrected chi connectivity index (χ2v) is 8.48. The third-order valence-electron chi connectivity index (χ3n) is 6.19. The maximum atomic E-state index is 13.2. The average molecular weight is 365 g/mol. The zero-order valence-electron chi connectivity index (χ0n) is 15.5. The van der Waals surface area contributed by atoms with Gasteiger partial charge in [0, 0.05) is 31.1 Å². The highest BCUT2D eigenvalue weighted by Crippen LogP contribution is 2.50. The lowest BCUT2D eigenvalue weighted by atomic mass is 9.96. The molecule has 1 aromatic heterocycles. The number of amides is 2. The van der Waals surface area contributed by atoms with E-state index in [1.54, 1.807) is 12.3 Å². The quantitative estimate of drug-likeness (QED) is 0.876. The topological polar surface area (TPSA) is 74.6 Å². The van der Waals surface area contributed by atoms with Crippen LogP contribution in [0.3, 0.4) is 0 Å². The first-order valence-corrected chi connectivity index (χ1v) is 9.42. The Morgan fingerprint density at radius 2 is 2.15 bits per heavy atom. The van der Waals surface area contributed by atoms with Gasteiger partial charge in [-0.1, -0.05) is 18.2 Å². The summed E-state index contributed by atoms with van der Waals surface area (Å²) >= 11 is 0. The van der Waals surface area contributed by atoms with Crippen LogP contribution in [0.15, 0.2) is 41.0 Å². The summed E-state index contributed by atoms with van der Waals surface area (Å²) in [7, 11) is 0. The van der Waals surface area contributed by atoms with Gasteiger partial charge in [0.1, 0.15) is 5.54 Å². The van der Waals surface area contributed by atoms with Gasteiger partial charge in [0.25, 0.3) is 5.91 Å². The van der Waals surface area contributed by atoms with Crippen LogP contribution in [0.4, 0.5) is 5.69 Å². The molecule has 0 radical (unpaired) electrons. The monoisotopic (exact) mass is 365 g/mol. The maximum Gasteiger partial charge on any atom is 0.287 e. The Kier molecular flexibility index (Phi) is 3.27. The van der Waals surface area contributed by atoms with Crippen molar-refractivity contribution in [3.05, 3.63) is 53.5 Å². The normalized spacial score (nSPS) is 30.4. The van der Waals surface area contributed by atoms with Crippen LogP contribution in [-0.4, -0.2) is 40.9 Å². The van der Waals surface area contributed by atoms with E-state index in [4.69, 9.17) is 4.42 Å². The van der Waals surface area contributed by atoms with Crippen molar-refractivity contribution in [2.45, 2.75) is 37.8 Å². The van der Waals surface area contributed by atoms with Gasteiger partial charge in [-0.15, -0.1) is 0 Å². The van der Waals surface area contributed by atoms with Gasteiger partial charge in [-0.05, 0) is 43.5 Å². The van der Waals surface area contributed by atoms with Crippen LogP contribution in [0.1, 0.15) is 35.0 Å². The van der Waals surface area contributed by atoms with Crippen molar-refractivity contribution in [3.63, 3.8) is 0 Å². The van der Waals surface area contributed by atoms with E-state index in [9.17, 15) is 9.59 Å². The number of benzene rings is 1. The number of anilines is 1. The number of nitrogens with one attached hydrogen (secondary N) is 2. The van der Waals surface area contributed by atoms with Crippen molar-refractivity contribution in [1.82, 2.24) is 10.2 Å². The zero-order chi connectivity index (χ0) is 18.8. The van der Waals surface area contributed by atoms with E-state index < -0.39 is 5.54 Å². The molecule has 2 N–H and O–H groups in total. The van der Waals surface area contributed by atoms with Crippen molar-refractivity contribution in [3.8, 4) is 0 Å². The van der Waals surface area contributed by atoms with E-state index in [0.717, 1.165) is 17.7 Å². The van der Waals surface area contributed by atoms with E-state index in [1.165, 1.54) is 5.56 Å². The van der Waals surface area contributed by atoms with Crippen molar-refractivity contribution in [1.29, 1.82) is 0 Å². The van der Waals surface area contributed by atoms with Crippen molar-refractivity contribution >= 4 is 17.5 Å². The summed E-state index contributed by atoms with van der Waals surface area (Å²) in [5.74, 6) is 0.567. The molecule has 27 heavy (non-hydrogen) atoms. The van der Waals surface area contributed by atoms with Crippen molar-refractivity contribution < 1.29 is 14.0 Å². The predicted molar refractivity (Wildman–Crippen MR) is 101 cm³/mol. The summed E-state index contributed by atoms with van der Waals surface area (Å²) in [6.45, 7) is 5.12. The Hall–Kier alpha value is -2.76. The van der Waals surface area contributed by atoms with Gasteiger partial charge in [0.2, 0.25) is 5.91 Å². The Balaban J connectivity index is 1.28. The number of nitrogens with zero attached hydrogens (tertiary/aromatic N) is 1. The fourth-order valence-corrected chi connectivity index (χ4v) is 4.67. The standard InChI is InChI=1S/C21H23N3O3/c1-13-7-17(27-11-13)18(25)23-21-9-15(21)10-24(12-21)19(26)20(2)8-14-5-3-4-6-16(14)22-20/h3-7,11,15,22H,8-10,12H2,1-2H3,(H,23,25)/t15-,20?,21-/m0/s1. The first-order chi connectivity index (χ1) is 12.9. The Morgan fingerprint density at radius 3 is 2.89 bits per heavy atom. The molecule has 2 aromatic rings. The lowest BCUT2D eigenvalue weighted by Gasteiger charge is -2.31. The second-order valence-electron chi connectivity index (χ2n) is 8.48. The highest BCUT2D eigenvalue weighted by Gasteiger charge is 2.63. The molecule has 2 fully saturated rings. The van der Waals surface area contributed by atoms with E-state index in [-0.39, 0.29) is 17.4 Å². The van der Waals surface area contributed by atoms with Gasteiger partial charge in [0.05, 0.1) is 11.8 Å². The number of carbonyl (C=O) groups is 2. The van der Waals surface area contributed by atoms with Crippen LogP contribution in [0.25, 0.3) is 0 Å². The van der Waals surface area contributed by atoms with E-state index in [2.05, 4.69) is 16.7 Å². The number of para-hydroxylation sites is 1. The molecular formula is C21H23N3O3. The molecule has 1 saturated carbocycles. The summed E-state index contributed by atoms with van der Waals surface area (Å²) in [6, 6.07) is 9.80. The lowest BCUT2D eigenvalue weighted by Crippen LogP contribution is -2.53. The largest absolute Gasteiger partial charge is 0.459 e. The molecule has 2 amide bonds. The maximum absolute atomic E-state index is 13.2. The van der Waals surface area contributed by atoms with Gasteiger partial charge in [-0.25, -0.2) is 0 Å². The number of rotatable bonds is 3. The number of piperidine rings is 1. The molecule has 1 aliphatic carbocycles. The molecule has 2 aliphatic heterocycles. The average Bonchev–Trinajstić information content (AvgIpc) is 3.01. The molecule has 1 unspecified atom stereocenters. The van der Waals surface area contributed by atoms with Crippen LogP contribution in [0.5, 0.6) is 0 Å². The molecule has 0 bridgehead atoms. The molecule has 6 nitrogen and oxygen atoms in total. The van der Waals surface area contributed by atoms with Gasteiger partial charge >= 0.3 is 0 Å². The number of fused-ring (bicyclic) bond motifs is 2. The van der Waals surface area contributed by atoms with Crippen LogP contribution in [0, 0.1) is 12.8 Å². The zero-order valence-corrected chi connectivity index (χ0v) is 15.5. The highest BCUT2D eigenvalue weighted by atomic mass is 16.3. The third kappa shape index (κ3) is 2.54. The smallest absolute Gasteiger partial charge is 0.287 e. The van der Waals surface area contributed by atoms with Crippen molar-refractivity contribution in [2.75, 3.05) is 18.4 Å². The number of likely N-dealkylation sites (tertiary alicyclic amines) is 1. The highest BCUT2D eigenvalue weighted by molar-refractivity contribution is 5.94. The van der Waals surface area contributed by atoms with Crippen molar-refractivity contribution in [2.24, 2.45) is 5.92 Å². The molecule has 1 saturated heterocycles. The van der Waals surface area contributed by atoms with Gasteiger partial charge < -0.3 is 20.0 Å². The summed E-state index contributed by atoms with van der Waals surface area (Å²) in [6.07, 6.45) is 3.19. The fraction of sp³-hybridized carbons (Fsp3) is 0.429. The molecule has 3 aliphatic rings. The minimum absolute atomic E-state index is 0.105. The van der Waals surface area contributed by atoms with Crippen LogP contribution >= 0.6 is 0 Å². The molecule has 1 aromatic carbocycles. The summed E-state index contributed by atoms with van der Waals surface area (Å²) < 4.78 is 5.30. The van der Waals surface area contributed by atoms with Gasteiger partial charge in [-0.2, -0.15) is 0 Å². The molecule has 140 valence electrons. The number of carbonyl (C=O) groups excluding carboxylic acids is 2. The first-order valence-electron chi connectivity index (χ1n) is 9.42. The summed E-state index contributed by atoms with van der Waals surface area (Å²) in [4.78, 5) is 27.6. The molecular weight excluding hydrogens is 342 g/mol. The minimum atomic E-state index is -0.621. The predicted octanol–water partition coefficient (Wildman–Crippen LogP) is 2.35. The Morgan fingerprint density at radius 1 is 1.33 bits per heavy atom. The number of aryl methyl sites for hydroxylation is 1. The Bertz CT molecular complexity index is 925. The SMILES string of the molecule is Cc1coc(C(=O)N[C@]23C[C@H]2CN(C(=O)C2(C)Cc4ccccc4N2)C3)c1. The first kappa shape index (κ1) is 16.4. The van der Waals surface area contributed by atoms with E-state index in [1.807, 2.05) is 36.9 Å². The minimum Gasteiger partial charge on any atom is -0.459 e. The third-order valence-corrected chi connectivity index (χ3v) is 6.19.